The molecule has 1 aliphatic carbocycles. The topological polar surface area (TPSA) is 101 Å². The Labute approximate surface area is 150 Å². The number of benzene rings is 1. The molecular formula is C18H21FN4O3. The van der Waals surface area contributed by atoms with Gasteiger partial charge in [-0.3, -0.25) is 15.5 Å². The number of aliphatic imine (C=N–C) groups is 1. The number of carbonyl (C=O) groups is 1. The standard InChI is InChI=1S/C18H21FN4O3/c19-13-6-8-14(9-7-13)20-18(21-25)17-16(22-26-23-17)11-15(24)10-12-4-2-1-3-5-12/h6-9,12,25H,1-5,10-11H2,(H,20,21). The van der Waals surface area contributed by atoms with Gasteiger partial charge in [0.15, 0.2) is 11.5 Å². The second-order valence-electron chi connectivity index (χ2n) is 6.53. The van der Waals surface area contributed by atoms with Crippen LogP contribution in [0.1, 0.15) is 49.9 Å². The van der Waals surface area contributed by atoms with Crippen molar-refractivity contribution in [1.82, 2.24) is 15.8 Å². The Bertz CT molecular complexity index is 767. The van der Waals surface area contributed by atoms with E-state index in [1.165, 1.54) is 43.5 Å². The highest BCUT2D eigenvalue weighted by atomic mass is 19.1. The zero-order valence-electron chi connectivity index (χ0n) is 14.3. The Hall–Kier alpha value is -2.61. The van der Waals surface area contributed by atoms with Crippen molar-refractivity contribution in [3.05, 3.63) is 41.5 Å². The minimum Gasteiger partial charge on any atom is -0.299 e. The smallest absolute Gasteiger partial charge is 0.182 e. The number of carbonyl (C=O) groups excluding carboxylic acids is 1. The van der Waals surface area contributed by atoms with E-state index in [2.05, 4.69) is 15.3 Å². The van der Waals surface area contributed by atoms with Crippen LogP contribution in [0.15, 0.2) is 33.9 Å². The van der Waals surface area contributed by atoms with Gasteiger partial charge in [0.1, 0.15) is 17.3 Å². The van der Waals surface area contributed by atoms with E-state index in [1.807, 2.05) is 5.48 Å². The number of nitrogens with one attached hydrogen (secondary N) is 1. The lowest BCUT2D eigenvalue weighted by molar-refractivity contribution is -0.119. The molecule has 1 aliphatic rings. The molecule has 2 aromatic rings. The van der Waals surface area contributed by atoms with E-state index in [1.54, 1.807) is 0 Å². The Morgan fingerprint density at radius 1 is 1.23 bits per heavy atom. The molecular weight excluding hydrogens is 339 g/mol. The van der Waals surface area contributed by atoms with Crippen LogP contribution in [0.5, 0.6) is 0 Å². The molecule has 1 aromatic heterocycles. The maximum Gasteiger partial charge on any atom is 0.182 e. The van der Waals surface area contributed by atoms with Crippen molar-refractivity contribution in [3.8, 4) is 0 Å². The van der Waals surface area contributed by atoms with Crippen LogP contribution in [0.2, 0.25) is 0 Å². The summed E-state index contributed by atoms with van der Waals surface area (Å²) in [7, 11) is 0. The molecule has 1 aromatic carbocycles. The van der Waals surface area contributed by atoms with E-state index >= 15 is 0 Å². The van der Waals surface area contributed by atoms with Crippen molar-refractivity contribution in [2.75, 3.05) is 0 Å². The molecule has 0 aliphatic heterocycles. The summed E-state index contributed by atoms with van der Waals surface area (Å²) in [5.74, 6) is 0.0914. The Morgan fingerprint density at radius 2 is 1.96 bits per heavy atom. The fourth-order valence-corrected chi connectivity index (χ4v) is 3.25. The van der Waals surface area contributed by atoms with Crippen LogP contribution in [-0.2, 0) is 11.2 Å². The zero-order valence-corrected chi connectivity index (χ0v) is 14.3. The van der Waals surface area contributed by atoms with Gasteiger partial charge in [0.2, 0.25) is 0 Å². The largest absolute Gasteiger partial charge is 0.299 e. The number of nitrogens with zero attached hydrogens (tertiary/aromatic N) is 3. The van der Waals surface area contributed by atoms with Crippen molar-refractivity contribution in [3.63, 3.8) is 0 Å². The highest BCUT2D eigenvalue weighted by molar-refractivity contribution is 5.99. The maximum absolute atomic E-state index is 13.0. The second-order valence-corrected chi connectivity index (χ2v) is 6.53. The Balaban J connectivity index is 1.71. The lowest BCUT2D eigenvalue weighted by Gasteiger charge is -2.20. The normalized spacial score (nSPS) is 15.8. The third-order valence-electron chi connectivity index (χ3n) is 4.56. The predicted octanol–water partition coefficient (Wildman–Crippen LogP) is 3.35. The van der Waals surface area contributed by atoms with Gasteiger partial charge in [-0.15, -0.1) is 0 Å². The number of Topliss-reactive ketones (excluding diaryl/α,β-unsaturated/α-hetero) is 1. The lowest BCUT2D eigenvalue weighted by Crippen LogP contribution is -2.23. The number of aromatic nitrogens is 2. The van der Waals surface area contributed by atoms with Gasteiger partial charge in [-0.25, -0.2) is 14.0 Å². The summed E-state index contributed by atoms with van der Waals surface area (Å²) in [5, 5.41) is 16.9. The monoisotopic (exact) mass is 360 g/mol. The molecule has 0 amide bonds. The quantitative estimate of drug-likeness (QED) is 0.465. The SMILES string of the molecule is O=C(Cc1nonc1C(=Nc1ccc(F)cc1)NO)CC1CCCCC1. The first-order valence-electron chi connectivity index (χ1n) is 8.73. The third kappa shape index (κ3) is 4.72. The Kier molecular flexibility index (Phi) is 6.06. The van der Waals surface area contributed by atoms with E-state index in [0.29, 0.717) is 23.7 Å². The molecule has 26 heavy (non-hydrogen) atoms. The summed E-state index contributed by atoms with van der Waals surface area (Å²) < 4.78 is 17.7. The highest BCUT2D eigenvalue weighted by Gasteiger charge is 2.22. The number of hydrogen-bond acceptors (Lipinski definition) is 6. The van der Waals surface area contributed by atoms with E-state index in [9.17, 15) is 14.4 Å². The first-order chi connectivity index (χ1) is 12.7. The first kappa shape index (κ1) is 18.2. The fourth-order valence-electron chi connectivity index (χ4n) is 3.25. The molecule has 138 valence electrons. The summed E-state index contributed by atoms with van der Waals surface area (Å²) in [6.45, 7) is 0. The van der Waals surface area contributed by atoms with Crippen molar-refractivity contribution in [1.29, 1.82) is 0 Å². The Morgan fingerprint density at radius 3 is 2.65 bits per heavy atom. The van der Waals surface area contributed by atoms with Crippen LogP contribution in [0.3, 0.4) is 0 Å². The van der Waals surface area contributed by atoms with Crippen LogP contribution in [0, 0.1) is 11.7 Å². The summed E-state index contributed by atoms with van der Waals surface area (Å²) in [6.07, 6.45) is 6.36. The molecule has 3 rings (SSSR count). The van der Waals surface area contributed by atoms with E-state index in [4.69, 9.17) is 4.63 Å². The molecule has 1 saturated carbocycles. The van der Waals surface area contributed by atoms with Gasteiger partial charge in [-0.2, -0.15) is 0 Å². The molecule has 0 atom stereocenters. The molecule has 1 heterocycles. The van der Waals surface area contributed by atoms with Crippen LogP contribution < -0.4 is 5.48 Å². The second kappa shape index (κ2) is 8.66. The highest BCUT2D eigenvalue weighted by Crippen LogP contribution is 2.27. The van der Waals surface area contributed by atoms with Crippen molar-refractivity contribution < 1.29 is 19.0 Å². The van der Waals surface area contributed by atoms with Gasteiger partial charge >= 0.3 is 0 Å². The molecule has 1 fully saturated rings. The third-order valence-corrected chi connectivity index (χ3v) is 4.56. The summed E-state index contributed by atoms with van der Waals surface area (Å²) in [4.78, 5) is 16.5. The zero-order chi connectivity index (χ0) is 18.4. The maximum atomic E-state index is 13.0. The average Bonchev–Trinajstić information content (AvgIpc) is 3.10. The minimum atomic E-state index is -0.389. The lowest BCUT2D eigenvalue weighted by atomic mass is 9.85. The van der Waals surface area contributed by atoms with Crippen molar-refractivity contribution in [2.24, 2.45) is 10.9 Å². The number of hydrogen-bond donors (Lipinski definition) is 2. The van der Waals surface area contributed by atoms with Crippen LogP contribution in [0.4, 0.5) is 10.1 Å². The predicted molar refractivity (Wildman–Crippen MR) is 91.7 cm³/mol. The molecule has 7 nitrogen and oxygen atoms in total. The van der Waals surface area contributed by atoms with Gasteiger partial charge in [-0.05, 0) is 35.3 Å². The first-order valence-corrected chi connectivity index (χ1v) is 8.73. The van der Waals surface area contributed by atoms with Gasteiger partial charge in [-0.1, -0.05) is 37.3 Å². The molecule has 0 spiro atoms. The molecule has 0 radical (unpaired) electrons. The van der Waals surface area contributed by atoms with E-state index in [0.717, 1.165) is 12.8 Å². The number of rotatable bonds is 6. The summed E-state index contributed by atoms with van der Waals surface area (Å²) in [6, 6.07) is 5.41. The average molecular weight is 360 g/mol. The number of hydroxylamine groups is 1. The van der Waals surface area contributed by atoms with Crippen LogP contribution in [0.25, 0.3) is 0 Å². The van der Waals surface area contributed by atoms with Gasteiger partial charge in [0.25, 0.3) is 0 Å². The fraction of sp³-hybridized carbons (Fsp3) is 0.444. The number of halogens is 1. The van der Waals surface area contributed by atoms with Crippen LogP contribution >= 0.6 is 0 Å². The summed E-state index contributed by atoms with van der Waals surface area (Å²) >= 11 is 0. The molecule has 0 unspecified atom stereocenters. The van der Waals surface area contributed by atoms with Gasteiger partial charge in [0.05, 0.1) is 12.1 Å². The van der Waals surface area contributed by atoms with E-state index in [-0.39, 0.29) is 29.6 Å². The number of amidine groups is 1. The molecule has 8 heteroatoms. The molecule has 0 bridgehead atoms. The van der Waals surface area contributed by atoms with Gasteiger partial charge < -0.3 is 0 Å². The van der Waals surface area contributed by atoms with E-state index < -0.39 is 0 Å². The molecule has 2 N–H and O–H groups in total. The minimum absolute atomic E-state index is 0.0154. The van der Waals surface area contributed by atoms with Crippen molar-refractivity contribution >= 4 is 17.3 Å². The number of ketones is 1. The van der Waals surface area contributed by atoms with Crippen LogP contribution in [-0.4, -0.2) is 27.1 Å². The van der Waals surface area contributed by atoms with Gasteiger partial charge in [0, 0.05) is 6.42 Å². The molecule has 0 saturated heterocycles. The van der Waals surface area contributed by atoms with Crippen molar-refractivity contribution in [2.45, 2.75) is 44.9 Å². The summed E-state index contributed by atoms with van der Waals surface area (Å²) in [5.41, 5.74) is 2.83.